The molecule has 0 saturated carbocycles. The number of nitrogens with one attached hydrogen (secondary N) is 1. The second kappa shape index (κ2) is 9.47. The number of benzene rings is 2. The van der Waals surface area contributed by atoms with E-state index in [9.17, 15) is 18.0 Å². The number of nitrogens with zero attached hydrogens (tertiary/aromatic N) is 2. The number of anilines is 2. The Kier molecular flexibility index (Phi) is 6.93. The zero-order chi connectivity index (χ0) is 23.5. The predicted octanol–water partition coefficient (Wildman–Crippen LogP) is 5.09. The van der Waals surface area contributed by atoms with E-state index in [1.807, 2.05) is 6.07 Å². The number of thiazole rings is 1. The van der Waals surface area contributed by atoms with Gasteiger partial charge < -0.3 is 19.7 Å². The highest BCUT2D eigenvalue weighted by Crippen LogP contribution is 2.37. The van der Waals surface area contributed by atoms with Crippen LogP contribution < -0.4 is 19.7 Å². The Morgan fingerprint density at radius 3 is 2.44 bits per heavy atom. The number of carbonyl (C=O) groups excluding carboxylic acids is 1. The highest BCUT2D eigenvalue weighted by molar-refractivity contribution is 7.13. The minimum atomic E-state index is -4.60. The van der Waals surface area contributed by atoms with E-state index in [1.54, 1.807) is 36.5 Å². The molecule has 0 aliphatic heterocycles. The summed E-state index contributed by atoms with van der Waals surface area (Å²) in [6.45, 7) is 0. The van der Waals surface area contributed by atoms with Crippen LogP contribution in [-0.4, -0.2) is 39.2 Å². The first-order chi connectivity index (χ1) is 15.1. The summed E-state index contributed by atoms with van der Waals surface area (Å²) in [4.78, 5) is 18.4. The zero-order valence-electron chi connectivity index (χ0n) is 17.9. The fraction of sp³-hybridized carbons (Fsp3) is 0.273. The van der Waals surface area contributed by atoms with Crippen LogP contribution in [0.2, 0.25) is 0 Å². The minimum Gasteiger partial charge on any atom is -0.493 e. The smallest absolute Gasteiger partial charge is 0.418 e. The Hall–Kier alpha value is -3.27. The van der Waals surface area contributed by atoms with Crippen LogP contribution in [0.3, 0.4) is 0 Å². The third kappa shape index (κ3) is 5.31. The maximum absolute atomic E-state index is 13.5. The first-order valence-electron chi connectivity index (χ1n) is 9.47. The molecule has 0 radical (unpaired) electrons. The van der Waals surface area contributed by atoms with E-state index in [0.717, 1.165) is 11.6 Å². The van der Waals surface area contributed by atoms with Crippen molar-refractivity contribution in [1.82, 2.24) is 4.98 Å². The van der Waals surface area contributed by atoms with Crippen LogP contribution in [0.1, 0.15) is 11.3 Å². The van der Waals surface area contributed by atoms with Gasteiger partial charge in [-0.2, -0.15) is 13.2 Å². The van der Waals surface area contributed by atoms with Crippen LogP contribution in [0, 0.1) is 0 Å². The quantitative estimate of drug-likeness (QED) is 0.527. The third-order valence-electron chi connectivity index (χ3n) is 4.62. The molecule has 170 valence electrons. The van der Waals surface area contributed by atoms with Crippen molar-refractivity contribution in [3.8, 4) is 22.1 Å². The van der Waals surface area contributed by atoms with Gasteiger partial charge in [-0.05, 0) is 36.4 Å². The molecule has 0 fully saturated rings. The number of hydrogen-bond acceptors (Lipinski definition) is 6. The molecule has 0 atom stereocenters. The van der Waals surface area contributed by atoms with E-state index >= 15 is 0 Å². The number of ether oxygens (including phenoxy) is 2. The van der Waals surface area contributed by atoms with Crippen LogP contribution in [0.5, 0.6) is 11.5 Å². The summed E-state index contributed by atoms with van der Waals surface area (Å²) >= 11 is 1.32. The van der Waals surface area contributed by atoms with Gasteiger partial charge in [-0.25, -0.2) is 4.98 Å². The molecule has 1 aromatic heterocycles. The van der Waals surface area contributed by atoms with Gasteiger partial charge in [-0.3, -0.25) is 4.79 Å². The van der Waals surface area contributed by atoms with Crippen LogP contribution in [-0.2, 0) is 17.4 Å². The molecule has 32 heavy (non-hydrogen) atoms. The number of hydrogen-bond donors (Lipinski definition) is 1. The van der Waals surface area contributed by atoms with Crippen LogP contribution in [0.15, 0.2) is 41.8 Å². The molecular weight excluding hydrogens is 443 g/mol. The number of methoxy groups -OCH3 is 2. The highest BCUT2D eigenvalue weighted by atomic mass is 32.1. The Morgan fingerprint density at radius 2 is 1.81 bits per heavy atom. The van der Waals surface area contributed by atoms with Crippen molar-refractivity contribution in [3.63, 3.8) is 0 Å². The fourth-order valence-corrected chi connectivity index (χ4v) is 3.82. The lowest BCUT2D eigenvalue weighted by atomic mass is 10.1. The van der Waals surface area contributed by atoms with Gasteiger partial charge >= 0.3 is 6.18 Å². The molecule has 10 heteroatoms. The van der Waals surface area contributed by atoms with Gasteiger partial charge in [-0.15, -0.1) is 11.3 Å². The number of halogens is 3. The van der Waals surface area contributed by atoms with Crippen molar-refractivity contribution >= 4 is 28.6 Å². The minimum absolute atomic E-state index is 0.156. The second-order valence-corrected chi connectivity index (χ2v) is 7.92. The van der Waals surface area contributed by atoms with E-state index in [4.69, 9.17) is 9.47 Å². The van der Waals surface area contributed by atoms with Gasteiger partial charge in [0, 0.05) is 30.7 Å². The Balaban J connectivity index is 1.76. The largest absolute Gasteiger partial charge is 0.493 e. The highest BCUT2D eigenvalue weighted by Gasteiger charge is 2.34. The van der Waals surface area contributed by atoms with Crippen LogP contribution in [0.4, 0.5) is 24.5 Å². The lowest BCUT2D eigenvalue weighted by molar-refractivity contribution is -0.136. The zero-order valence-corrected chi connectivity index (χ0v) is 18.7. The van der Waals surface area contributed by atoms with E-state index in [1.165, 1.54) is 37.7 Å². The molecule has 3 aromatic rings. The molecule has 0 saturated heterocycles. The topological polar surface area (TPSA) is 63.7 Å². The van der Waals surface area contributed by atoms with Gasteiger partial charge in [-0.1, -0.05) is 0 Å². The predicted molar refractivity (Wildman–Crippen MR) is 119 cm³/mol. The number of carbonyl (C=O) groups is 1. The van der Waals surface area contributed by atoms with Crippen molar-refractivity contribution in [2.45, 2.75) is 12.6 Å². The van der Waals surface area contributed by atoms with E-state index in [2.05, 4.69) is 10.3 Å². The summed E-state index contributed by atoms with van der Waals surface area (Å²) in [6.07, 6.45) is -4.76. The lowest BCUT2D eigenvalue weighted by Crippen LogP contribution is -2.19. The average molecular weight is 465 g/mol. The van der Waals surface area contributed by atoms with Gasteiger partial charge in [0.2, 0.25) is 5.91 Å². The number of rotatable bonds is 7. The monoisotopic (exact) mass is 465 g/mol. The molecule has 1 amide bonds. The van der Waals surface area contributed by atoms with Gasteiger partial charge in [0.1, 0.15) is 5.01 Å². The van der Waals surface area contributed by atoms with Gasteiger partial charge in [0.05, 0.1) is 37.6 Å². The fourth-order valence-electron chi connectivity index (χ4n) is 3.00. The van der Waals surface area contributed by atoms with Crippen molar-refractivity contribution in [2.75, 3.05) is 38.5 Å². The summed E-state index contributed by atoms with van der Waals surface area (Å²) in [5, 5.41) is 4.72. The van der Waals surface area contributed by atoms with E-state index < -0.39 is 17.6 Å². The molecular formula is C22H22F3N3O3S. The first-order valence-corrected chi connectivity index (χ1v) is 10.4. The summed E-state index contributed by atoms with van der Waals surface area (Å²) in [7, 11) is 6.35. The van der Waals surface area contributed by atoms with Crippen molar-refractivity contribution in [1.29, 1.82) is 0 Å². The third-order valence-corrected chi connectivity index (χ3v) is 5.56. The van der Waals surface area contributed by atoms with Crippen molar-refractivity contribution in [2.24, 2.45) is 0 Å². The summed E-state index contributed by atoms with van der Waals surface area (Å²) < 4.78 is 50.9. The molecule has 2 aromatic carbocycles. The normalized spacial score (nSPS) is 11.2. The maximum Gasteiger partial charge on any atom is 0.418 e. The molecule has 0 unspecified atom stereocenters. The molecule has 1 heterocycles. The van der Waals surface area contributed by atoms with E-state index in [0.29, 0.717) is 27.9 Å². The van der Waals surface area contributed by atoms with Crippen molar-refractivity contribution in [3.05, 3.63) is 53.0 Å². The Morgan fingerprint density at radius 1 is 1.09 bits per heavy atom. The van der Waals surface area contributed by atoms with Crippen LogP contribution >= 0.6 is 11.3 Å². The molecule has 0 aliphatic rings. The number of amides is 1. The molecule has 1 N–H and O–H groups in total. The first kappa shape index (κ1) is 23.4. The molecule has 0 aliphatic carbocycles. The molecule has 0 spiro atoms. The van der Waals surface area contributed by atoms with E-state index in [-0.39, 0.29) is 12.1 Å². The molecule has 0 bridgehead atoms. The standard InChI is InChI=1S/C22H22F3N3O3S/c1-28(2)15-6-7-17(16(11-15)22(23,24)25)27-20(29)10-14-12-32-21(26-14)13-5-8-18(30-3)19(9-13)31-4/h5-9,11-12H,10H2,1-4H3,(H,27,29). The summed E-state index contributed by atoms with van der Waals surface area (Å²) in [5.41, 5.74) is 0.424. The number of aromatic nitrogens is 1. The van der Waals surface area contributed by atoms with Crippen LogP contribution in [0.25, 0.3) is 10.6 Å². The summed E-state index contributed by atoms with van der Waals surface area (Å²) in [6, 6.07) is 9.11. The second-order valence-electron chi connectivity index (χ2n) is 7.06. The summed E-state index contributed by atoms with van der Waals surface area (Å²) in [5.74, 6) is 0.533. The molecule has 6 nitrogen and oxygen atoms in total. The molecule has 3 rings (SSSR count). The maximum atomic E-state index is 13.5. The lowest BCUT2D eigenvalue weighted by Gasteiger charge is -2.18. The van der Waals surface area contributed by atoms with Gasteiger partial charge in [0.15, 0.2) is 11.5 Å². The SMILES string of the molecule is COc1ccc(-c2nc(CC(=O)Nc3ccc(N(C)C)cc3C(F)(F)F)cs2)cc1OC. The average Bonchev–Trinajstić information content (AvgIpc) is 3.20. The van der Waals surface area contributed by atoms with Gasteiger partial charge in [0.25, 0.3) is 0 Å². The van der Waals surface area contributed by atoms with Crippen molar-refractivity contribution < 1.29 is 27.4 Å². The Bertz CT molecular complexity index is 1110. The number of alkyl halides is 3. The Labute approximate surface area is 187 Å².